The zero-order valence-corrected chi connectivity index (χ0v) is 14.0. The fraction of sp³-hybridized carbons (Fsp3) is 0. The van der Waals surface area contributed by atoms with Crippen LogP contribution in [-0.4, -0.2) is 14.3 Å². The maximum Gasteiger partial charge on any atom is 0.255 e. The molecule has 0 aliphatic rings. The van der Waals surface area contributed by atoms with Gasteiger partial charge in [-0.3, -0.25) is 4.79 Å². The first-order valence-corrected chi connectivity index (χ1v) is 9.08. The third-order valence-corrected chi connectivity index (χ3v) is 4.65. The molecule has 0 unspecified atom stereocenters. The van der Waals surface area contributed by atoms with Crippen molar-refractivity contribution in [2.75, 3.05) is 5.32 Å². The van der Waals surface area contributed by atoms with Gasteiger partial charge in [-0.2, -0.15) is 0 Å². The van der Waals surface area contributed by atoms with E-state index in [0.29, 0.717) is 22.4 Å². The molecule has 0 bridgehead atoms. The first-order valence-electron chi connectivity index (χ1n) is 7.54. The Kier molecular flexibility index (Phi) is 4.65. The number of carbonyl (C=O) groups is 1. The molecule has 0 atom stereocenters. The number of rotatable bonds is 4. The van der Waals surface area contributed by atoms with Gasteiger partial charge in [-0.1, -0.05) is 48.5 Å². The van der Waals surface area contributed by atoms with Gasteiger partial charge in [-0.25, -0.2) is 13.6 Å². The molecule has 126 valence electrons. The van der Waals surface area contributed by atoms with Gasteiger partial charge < -0.3 is 5.32 Å². The molecule has 0 heterocycles. The molecule has 3 rings (SSSR count). The maximum absolute atomic E-state index is 12.3. The van der Waals surface area contributed by atoms with Crippen LogP contribution < -0.4 is 10.5 Å². The highest BCUT2D eigenvalue weighted by molar-refractivity contribution is 7.89. The largest absolute Gasteiger partial charge is 0.322 e. The summed E-state index contributed by atoms with van der Waals surface area (Å²) < 4.78 is 23.4. The van der Waals surface area contributed by atoms with Crippen molar-refractivity contribution in [2.24, 2.45) is 5.14 Å². The lowest BCUT2D eigenvalue weighted by Gasteiger charge is -2.09. The quantitative estimate of drug-likeness (QED) is 0.755. The van der Waals surface area contributed by atoms with Gasteiger partial charge >= 0.3 is 0 Å². The van der Waals surface area contributed by atoms with E-state index in [1.54, 1.807) is 54.6 Å². The molecule has 3 aromatic rings. The molecule has 0 aliphatic heterocycles. The number of hydrogen-bond acceptors (Lipinski definition) is 3. The minimum atomic E-state index is -3.83. The molecule has 0 aliphatic carbocycles. The van der Waals surface area contributed by atoms with Crippen molar-refractivity contribution in [3.63, 3.8) is 0 Å². The van der Waals surface area contributed by atoms with Crippen molar-refractivity contribution in [3.8, 4) is 11.1 Å². The molecule has 3 N–H and O–H groups in total. The van der Waals surface area contributed by atoms with Crippen molar-refractivity contribution in [1.82, 2.24) is 0 Å². The summed E-state index contributed by atoms with van der Waals surface area (Å²) in [6.45, 7) is 0. The minimum Gasteiger partial charge on any atom is -0.322 e. The molecule has 6 heteroatoms. The number of nitrogens with one attached hydrogen (secondary N) is 1. The van der Waals surface area contributed by atoms with Crippen molar-refractivity contribution < 1.29 is 13.2 Å². The van der Waals surface area contributed by atoms with Crippen LogP contribution in [0.3, 0.4) is 0 Å². The number of hydrogen-bond donors (Lipinski definition) is 2. The van der Waals surface area contributed by atoms with E-state index in [4.69, 9.17) is 5.14 Å². The van der Waals surface area contributed by atoms with Gasteiger partial charge in [0, 0.05) is 16.8 Å². The lowest BCUT2D eigenvalue weighted by Crippen LogP contribution is -2.13. The first-order chi connectivity index (χ1) is 11.9. The van der Waals surface area contributed by atoms with Crippen molar-refractivity contribution >= 4 is 21.6 Å². The topological polar surface area (TPSA) is 89.3 Å². The van der Waals surface area contributed by atoms with Crippen molar-refractivity contribution in [2.45, 2.75) is 4.90 Å². The summed E-state index contributed by atoms with van der Waals surface area (Å²) in [5.41, 5.74) is 2.35. The third kappa shape index (κ3) is 3.93. The predicted octanol–water partition coefficient (Wildman–Crippen LogP) is 3.25. The summed E-state index contributed by atoms with van der Waals surface area (Å²) in [5, 5.41) is 8.07. The molecule has 0 saturated carbocycles. The summed E-state index contributed by atoms with van der Waals surface area (Å²) in [7, 11) is -3.83. The Labute approximate surface area is 146 Å². The first kappa shape index (κ1) is 16.9. The Hall–Kier alpha value is -2.96. The molecule has 0 aromatic heterocycles. The number of amides is 1. The lowest BCUT2D eigenvalue weighted by molar-refractivity contribution is 0.102. The molecule has 0 radical (unpaired) electrons. The van der Waals surface area contributed by atoms with Gasteiger partial charge in [0.05, 0.1) is 4.90 Å². The van der Waals surface area contributed by atoms with E-state index in [0.717, 1.165) is 0 Å². The molecule has 0 spiro atoms. The predicted molar refractivity (Wildman–Crippen MR) is 97.6 cm³/mol. The van der Waals surface area contributed by atoms with Crippen molar-refractivity contribution in [3.05, 3.63) is 84.4 Å². The van der Waals surface area contributed by atoms with Gasteiger partial charge in [-0.15, -0.1) is 0 Å². The van der Waals surface area contributed by atoms with Gasteiger partial charge in [0.15, 0.2) is 0 Å². The molecule has 3 aromatic carbocycles. The zero-order valence-electron chi connectivity index (χ0n) is 13.2. The molecule has 0 saturated heterocycles. The number of para-hydroxylation sites is 1. The summed E-state index contributed by atoms with van der Waals surface area (Å²) in [4.78, 5) is 12.3. The second kappa shape index (κ2) is 6.88. The van der Waals surface area contributed by atoms with Crippen LogP contribution in [0.15, 0.2) is 83.8 Å². The van der Waals surface area contributed by atoms with Gasteiger partial charge in [0.25, 0.3) is 5.91 Å². The number of carbonyl (C=O) groups excluding carboxylic acids is 1. The maximum atomic E-state index is 12.3. The second-order valence-electron chi connectivity index (χ2n) is 5.44. The summed E-state index contributed by atoms with van der Waals surface area (Å²) >= 11 is 0. The van der Waals surface area contributed by atoms with Crippen LogP contribution in [0.5, 0.6) is 0 Å². The van der Waals surface area contributed by atoms with Crippen LogP contribution in [0.4, 0.5) is 5.69 Å². The van der Waals surface area contributed by atoms with Gasteiger partial charge in [0.2, 0.25) is 10.0 Å². The highest BCUT2D eigenvalue weighted by atomic mass is 32.2. The smallest absolute Gasteiger partial charge is 0.255 e. The van der Waals surface area contributed by atoms with Crippen LogP contribution in [0.1, 0.15) is 10.4 Å². The minimum absolute atomic E-state index is 0.0523. The summed E-state index contributed by atoms with van der Waals surface area (Å²) in [6, 6.07) is 22.3. The average Bonchev–Trinajstić information content (AvgIpc) is 2.62. The zero-order chi connectivity index (χ0) is 17.9. The van der Waals surface area contributed by atoms with Crippen LogP contribution >= 0.6 is 0 Å². The number of sulfonamides is 1. The van der Waals surface area contributed by atoms with E-state index in [-0.39, 0.29) is 10.8 Å². The number of benzene rings is 3. The number of primary sulfonamides is 1. The Balaban J connectivity index is 1.88. The molecule has 0 fully saturated rings. The fourth-order valence-corrected chi connectivity index (χ4v) is 3.24. The molecule has 1 amide bonds. The van der Waals surface area contributed by atoms with Crippen molar-refractivity contribution in [1.29, 1.82) is 0 Å². The standard InChI is InChI=1S/C19H16N2O3S/c20-25(23,24)18-9-5-4-8-17(18)14-10-12-15(13-11-14)19(22)21-16-6-2-1-3-7-16/h1-13H,(H,21,22)(H2,20,23,24). The Morgan fingerprint density at radius 1 is 0.800 bits per heavy atom. The lowest BCUT2D eigenvalue weighted by atomic mass is 10.0. The highest BCUT2D eigenvalue weighted by Gasteiger charge is 2.15. The van der Waals surface area contributed by atoms with Gasteiger partial charge in [-0.05, 0) is 35.9 Å². The Morgan fingerprint density at radius 3 is 2.04 bits per heavy atom. The van der Waals surface area contributed by atoms with Crippen LogP contribution in [0.2, 0.25) is 0 Å². The number of anilines is 1. The molecular formula is C19H16N2O3S. The molecule has 5 nitrogen and oxygen atoms in total. The monoisotopic (exact) mass is 352 g/mol. The molecule has 25 heavy (non-hydrogen) atoms. The van der Waals surface area contributed by atoms with Crippen LogP contribution in [0.25, 0.3) is 11.1 Å². The molecular weight excluding hydrogens is 336 g/mol. The Bertz CT molecular complexity index is 998. The van der Waals surface area contributed by atoms with E-state index in [9.17, 15) is 13.2 Å². The summed E-state index contributed by atoms with van der Waals surface area (Å²) in [6.07, 6.45) is 0. The van der Waals surface area contributed by atoms with E-state index in [1.807, 2.05) is 18.2 Å². The summed E-state index contributed by atoms with van der Waals surface area (Å²) in [5.74, 6) is -0.238. The van der Waals surface area contributed by atoms with E-state index >= 15 is 0 Å². The Morgan fingerprint density at radius 2 is 1.40 bits per heavy atom. The van der Waals surface area contributed by atoms with E-state index in [2.05, 4.69) is 5.32 Å². The second-order valence-corrected chi connectivity index (χ2v) is 6.97. The van der Waals surface area contributed by atoms with Crippen LogP contribution in [-0.2, 0) is 10.0 Å². The highest BCUT2D eigenvalue weighted by Crippen LogP contribution is 2.26. The normalized spacial score (nSPS) is 11.1. The average molecular weight is 352 g/mol. The number of nitrogens with two attached hydrogens (primary N) is 1. The van der Waals surface area contributed by atoms with E-state index < -0.39 is 10.0 Å². The fourth-order valence-electron chi connectivity index (χ4n) is 2.48. The van der Waals surface area contributed by atoms with Crippen LogP contribution in [0, 0.1) is 0 Å². The van der Waals surface area contributed by atoms with E-state index in [1.165, 1.54) is 6.07 Å². The SMILES string of the molecule is NS(=O)(=O)c1ccccc1-c1ccc(C(=O)Nc2ccccc2)cc1. The van der Waals surface area contributed by atoms with Gasteiger partial charge in [0.1, 0.15) is 0 Å². The third-order valence-electron chi connectivity index (χ3n) is 3.68.